The monoisotopic (exact) mass is 499 g/mol. The fourth-order valence-electron chi connectivity index (χ4n) is 3.73. The summed E-state index contributed by atoms with van der Waals surface area (Å²) in [7, 11) is -3.74. The summed E-state index contributed by atoms with van der Waals surface area (Å²) in [4.78, 5) is 8.62. The number of thiazole rings is 1. The van der Waals surface area contributed by atoms with Gasteiger partial charge in [-0.25, -0.2) is 13.4 Å². The van der Waals surface area contributed by atoms with Crippen LogP contribution < -0.4 is 4.72 Å². The number of nitrogens with zero attached hydrogens (tertiary/aromatic N) is 6. The van der Waals surface area contributed by atoms with Crippen LogP contribution in [0.3, 0.4) is 0 Å². The van der Waals surface area contributed by atoms with Gasteiger partial charge in [0.1, 0.15) is 0 Å². The summed E-state index contributed by atoms with van der Waals surface area (Å²) in [6.45, 7) is 1.90. The van der Waals surface area contributed by atoms with E-state index in [0.29, 0.717) is 22.9 Å². The highest BCUT2D eigenvalue weighted by molar-refractivity contribution is 7.92. The van der Waals surface area contributed by atoms with Crippen LogP contribution in [0.15, 0.2) is 84.0 Å². The van der Waals surface area contributed by atoms with E-state index in [0.717, 1.165) is 26.4 Å². The summed E-state index contributed by atoms with van der Waals surface area (Å²) in [5.41, 5.74) is 4.25. The van der Waals surface area contributed by atoms with Crippen LogP contribution in [0.4, 0.5) is 5.69 Å². The number of hydrogen-bond donors (Lipinski definition) is 1. The van der Waals surface area contributed by atoms with Crippen molar-refractivity contribution in [1.29, 1.82) is 0 Å². The van der Waals surface area contributed by atoms with Crippen molar-refractivity contribution in [2.45, 2.75) is 11.8 Å². The Morgan fingerprint density at radius 1 is 0.886 bits per heavy atom. The zero-order valence-electron chi connectivity index (χ0n) is 18.3. The molecule has 6 rings (SSSR count). The van der Waals surface area contributed by atoms with Crippen LogP contribution in [0, 0.1) is 6.92 Å². The van der Waals surface area contributed by atoms with E-state index < -0.39 is 10.0 Å². The first-order chi connectivity index (χ1) is 17.0. The highest BCUT2D eigenvalue weighted by Gasteiger charge is 2.16. The molecule has 0 aliphatic rings. The normalized spacial score (nSPS) is 11.8. The Morgan fingerprint density at radius 2 is 1.69 bits per heavy atom. The predicted molar refractivity (Wildman–Crippen MR) is 135 cm³/mol. The van der Waals surface area contributed by atoms with Crippen molar-refractivity contribution in [3.8, 4) is 22.6 Å². The van der Waals surface area contributed by atoms with Crippen molar-refractivity contribution in [3.63, 3.8) is 0 Å². The van der Waals surface area contributed by atoms with E-state index in [1.54, 1.807) is 47.2 Å². The molecule has 9 nitrogen and oxygen atoms in total. The van der Waals surface area contributed by atoms with E-state index in [4.69, 9.17) is 5.10 Å². The minimum atomic E-state index is -3.74. The molecule has 0 aliphatic carbocycles. The van der Waals surface area contributed by atoms with E-state index >= 15 is 0 Å². The van der Waals surface area contributed by atoms with E-state index in [2.05, 4.69) is 24.9 Å². The second kappa shape index (κ2) is 8.22. The average Bonchev–Trinajstić information content (AvgIpc) is 3.46. The fourth-order valence-corrected chi connectivity index (χ4v) is 5.76. The zero-order chi connectivity index (χ0) is 24.0. The van der Waals surface area contributed by atoms with Crippen LogP contribution in [-0.4, -0.2) is 38.2 Å². The van der Waals surface area contributed by atoms with Gasteiger partial charge in [0, 0.05) is 29.2 Å². The molecule has 4 aromatic heterocycles. The third-order valence-electron chi connectivity index (χ3n) is 5.41. The summed E-state index contributed by atoms with van der Waals surface area (Å²) >= 11 is 1.46. The first-order valence-corrected chi connectivity index (χ1v) is 12.9. The second-order valence-electron chi connectivity index (χ2n) is 7.79. The standard InChI is InChI=1S/C24H17N7O2S2/c1-15-26-21-7-6-19(14-22(21)34-15)35(32,33)30-18-4-2-16(3-5-18)20-8-9-23-27-28-24(31(23)29-20)17-10-12-25-13-11-17/h2-14,30H,1H3. The Labute approximate surface area is 204 Å². The van der Waals surface area contributed by atoms with E-state index in [-0.39, 0.29) is 4.90 Å². The van der Waals surface area contributed by atoms with Crippen molar-refractivity contribution in [3.05, 3.63) is 84.1 Å². The molecule has 0 saturated heterocycles. The molecule has 11 heteroatoms. The molecule has 0 atom stereocenters. The van der Waals surface area contributed by atoms with Crippen LogP contribution in [-0.2, 0) is 10.0 Å². The van der Waals surface area contributed by atoms with Crippen molar-refractivity contribution >= 4 is 42.9 Å². The zero-order valence-corrected chi connectivity index (χ0v) is 20.0. The molecule has 0 saturated carbocycles. The Hall–Kier alpha value is -4.22. The maximum Gasteiger partial charge on any atom is 0.261 e. The van der Waals surface area contributed by atoms with Crippen LogP contribution in [0.1, 0.15) is 5.01 Å². The number of nitrogens with one attached hydrogen (secondary N) is 1. The lowest BCUT2D eigenvalue weighted by Gasteiger charge is -2.09. The molecule has 0 bridgehead atoms. The summed E-state index contributed by atoms with van der Waals surface area (Å²) in [5, 5.41) is 14.0. The molecule has 0 fully saturated rings. The molecule has 172 valence electrons. The van der Waals surface area contributed by atoms with Gasteiger partial charge >= 0.3 is 0 Å². The number of hydrogen-bond acceptors (Lipinski definition) is 8. The molecule has 2 aromatic carbocycles. The third kappa shape index (κ3) is 4.00. The van der Waals surface area contributed by atoms with Gasteiger partial charge in [-0.05, 0) is 61.5 Å². The van der Waals surface area contributed by atoms with Gasteiger partial charge in [-0.3, -0.25) is 9.71 Å². The molecule has 0 radical (unpaired) electrons. The second-order valence-corrected chi connectivity index (χ2v) is 10.7. The first-order valence-electron chi connectivity index (χ1n) is 10.6. The quantitative estimate of drug-likeness (QED) is 0.369. The number of anilines is 1. The van der Waals surface area contributed by atoms with Crippen molar-refractivity contribution in [2.75, 3.05) is 4.72 Å². The molecular weight excluding hydrogens is 482 g/mol. The molecule has 0 aliphatic heterocycles. The Morgan fingerprint density at radius 3 is 2.49 bits per heavy atom. The lowest BCUT2D eigenvalue weighted by Crippen LogP contribution is -2.12. The van der Waals surface area contributed by atoms with Gasteiger partial charge in [0.15, 0.2) is 11.5 Å². The molecule has 6 aromatic rings. The summed E-state index contributed by atoms with van der Waals surface area (Å²) in [6, 6.07) is 19.4. The number of rotatable bonds is 5. The molecule has 0 amide bonds. The molecule has 0 unspecified atom stereocenters. The Bertz CT molecular complexity index is 1800. The van der Waals surface area contributed by atoms with Gasteiger partial charge in [0.05, 0.1) is 25.8 Å². The topological polar surface area (TPSA) is 115 Å². The fraction of sp³-hybridized carbons (Fsp3) is 0.0417. The number of sulfonamides is 1. The van der Waals surface area contributed by atoms with Crippen LogP contribution in [0.25, 0.3) is 38.5 Å². The third-order valence-corrected chi connectivity index (χ3v) is 7.72. The number of pyridine rings is 1. The maximum absolute atomic E-state index is 12.9. The smallest absolute Gasteiger partial charge is 0.261 e. The molecule has 35 heavy (non-hydrogen) atoms. The van der Waals surface area contributed by atoms with E-state index in [1.807, 2.05) is 43.3 Å². The summed E-state index contributed by atoms with van der Waals surface area (Å²) in [5.74, 6) is 0.613. The number of fused-ring (bicyclic) bond motifs is 2. The van der Waals surface area contributed by atoms with Gasteiger partial charge < -0.3 is 0 Å². The lowest BCUT2D eigenvalue weighted by molar-refractivity contribution is 0.601. The number of benzene rings is 2. The Kier molecular flexibility index (Phi) is 5.01. The Balaban J connectivity index is 1.28. The molecular formula is C24H17N7O2S2. The predicted octanol–water partition coefficient (Wildman–Crippen LogP) is 4.57. The van der Waals surface area contributed by atoms with E-state index in [1.165, 1.54) is 11.3 Å². The van der Waals surface area contributed by atoms with Crippen LogP contribution >= 0.6 is 11.3 Å². The van der Waals surface area contributed by atoms with Crippen molar-refractivity contribution in [1.82, 2.24) is 29.8 Å². The number of aryl methyl sites for hydroxylation is 1. The van der Waals surface area contributed by atoms with E-state index in [9.17, 15) is 8.42 Å². The van der Waals surface area contributed by atoms with Gasteiger partial charge in [0.25, 0.3) is 10.0 Å². The van der Waals surface area contributed by atoms with Gasteiger partial charge in [-0.2, -0.15) is 9.61 Å². The van der Waals surface area contributed by atoms with Crippen LogP contribution in [0.2, 0.25) is 0 Å². The minimum Gasteiger partial charge on any atom is -0.280 e. The van der Waals surface area contributed by atoms with Crippen molar-refractivity contribution < 1.29 is 8.42 Å². The van der Waals surface area contributed by atoms with Gasteiger partial charge in [0.2, 0.25) is 0 Å². The minimum absolute atomic E-state index is 0.195. The summed E-state index contributed by atoms with van der Waals surface area (Å²) < 4.78 is 31.0. The molecule has 1 N–H and O–H groups in total. The van der Waals surface area contributed by atoms with Crippen molar-refractivity contribution in [2.24, 2.45) is 0 Å². The average molecular weight is 500 g/mol. The van der Waals surface area contributed by atoms with Crippen LogP contribution in [0.5, 0.6) is 0 Å². The molecule has 0 spiro atoms. The molecule has 4 heterocycles. The summed E-state index contributed by atoms with van der Waals surface area (Å²) in [6.07, 6.45) is 3.38. The van der Waals surface area contributed by atoms with Gasteiger partial charge in [-0.1, -0.05) is 12.1 Å². The lowest BCUT2D eigenvalue weighted by atomic mass is 10.1. The largest absolute Gasteiger partial charge is 0.280 e. The number of aromatic nitrogens is 6. The SMILES string of the molecule is Cc1nc2ccc(S(=O)(=O)Nc3ccc(-c4ccc5nnc(-c6ccncc6)n5n4)cc3)cc2s1. The van der Waals surface area contributed by atoms with Gasteiger partial charge in [-0.15, -0.1) is 21.5 Å². The highest BCUT2D eigenvalue weighted by Crippen LogP contribution is 2.27. The first kappa shape index (κ1) is 21.3. The maximum atomic E-state index is 12.9. The highest BCUT2D eigenvalue weighted by atomic mass is 32.2.